The van der Waals surface area contributed by atoms with E-state index in [0.717, 1.165) is 30.4 Å². The van der Waals surface area contributed by atoms with Crippen molar-refractivity contribution in [1.82, 2.24) is 29.1 Å². The van der Waals surface area contributed by atoms with Crippen molar-refractivity contribution in [2.24, 2.45) is 0 Å². The van der Waals surface area contributed by atoms with E-state index in [0.29, 0.717) is 22.9 Å². The van der Waals surface area contributed by atoms with Gasteiger partial charge in [-0.1, -0.05) is 11.6 Å². The van der Waals surface area contributed by atoms with Crippen molar-refractivity contribution in [3.8, 4) is 22.8 Å². The molecule has 7 nitrogen and oxygen atoms in total. The lowest BCUT2D eigenvalue weighted by Crippen LogP contribution is -2.22. The van der Waals surface area contributed by atoms with Crippen LogP contribution in [0.5, 0.6) is 0 Å². The van der Waals surface area contributed by atoms with Gasteiger partial charge in [0.05, 0.1) is 28.0 Å². The second-order valence-corrected chi connectivity index (χ2v) is 9.67. The monoisotopic (exact) mass is 535 g/mol. The number of benzene rings is 1. The minimum atomic E-state index is -4.61. The Morgan fingerprint density at radius 2 is 2.00 bits per heavy atom. The van der Waals surface area contributed by atoms with Gasteiger partial charge in [-0.05, 0) is 57.9 Å². The zero-order valence-electron chi connectivity index (χ0n) is 20.5. The maximum absolute atomic E-state index is 15.2. The topological polar surface area (TPSA) is 65.5 Å². The van der Waals surface area contributed by atoms with Crippen molar-refractivity contribution < 1.29 is 17.6 Å². The van der Waals surface area contributed by atoms with Crippen molar-refractivity contribution in [2.45, 2.75) is 65.0 Å². The third-order valence-electron chi connectivity index (χ3n) is 6.48. The first-order valence-corrected chi connectivity index (χ1v) is 12.5. The summed E-state index contributed by atoms with van der Waals surface area (Å²) in [4.78, 5) is 3.66. The Bertz CT molecular complexity index is 1430. The molecule has 5 rings (SSSR count). The van der Waals surface area contributed by atoms with Crippen LogP contribution in [0.1, 0.15) is 57.1 Å². The SMILES string of the molecule is CCn1cc(C(F)(F)F)nc1-c1ccc(NC2CCCn3nc(-c4ccnn4C(C)C)c(Cl)c32)cc1F. The number of nitrogens with zero attached hydrogens (tertiary/aromatic N) is 6. The maximum Gasteiger partial charge on any atom is 0.434 e. The summed E-state index contributed by atoms with van der Waals surface area (Å²) in [5.41, 5.74) is 1.70. The molecule has 1 N–H and O–H groups in total. The van der Waals surface area contributed by atoms with E-state index < -0.39 is 17.7 Å². The summed E-state index contributed by atoms with van der Waals surface area (Å²) in [7, 11) is 0. The quantitative estimate of drug-likeness (QED) is 0.271. The van der Waals surface area contributed by atoms with E-state index in [1.165, 1.54) is 16.7 Å². The van der Waals surface area contributed by atoms with Crippen LogP contribution in [0.3, 0.4) is 0 Å². The average Bonchev–Trinajstić information content (AvgIpc) is 3.56. The fourth-order valence-corrected chi connectivity index (χ4v) is 5.12. The van der Waals surface area contributed by atoms with Crippen LogP contribution in [0.15, 0.2) is 36.7 Å². The molecule has 0 radical (unpaired) electrons. The third kappa shape index (κ3) is 4.60. The Labute approximate surface area is 216 Å². The van der Waals surface area contributed by atoms with Gasteiger partial charge in [-0.3, -0.25) is 9.36 Å². The summed E-state index contributed by atoms with van der Waals surface area (Å²) < 4.78 is 59.7. The molecule has 37 heavy (non-hydrogen) atoms. The molecule has 0 aliphatic carbocycles. The van der Waals surface area contributed by atoms with Crippen LogP contribution in [0.4, 0.5) is 23.2 Å². The van der Waals surface area contributed by atoms with Gasteiger partial charge in [0.25, 0.3) is 0 Å². The molecule has 1 aliphatic rings. The first-order chi connectivity index (χ1) is 17.6. The average molecular weight is 536 g/mol. The lowest BCUT2D eigenvalue weighted by atomic mass is 10.0. The molecule has 196 valence electrons. The Balaban J connectivity index is 1.45. The highest BCUT2D eigenvalue weighted by Crippen LogP contribution is 2.40. The summed E-state index contributed by atoms with van der Waals surface area (Å²) >= 11 is 6.84. The van der Waals surface area contributed by atoms with E-state index in [-0.39, 0.29) is 30.0 Å². The fourth-order valence-electron chi connectivity index (χ4n) is 4.75. The highest BCUT2D eigenvalue weighted by molar-refractivity contribution is 6.33. The standard InChI is InChI=1S/C25H26ClF4N7/c1-4-35-13-20(25(28,29)30)33-24(35)16-8-7-15(12-17(16)27)32-18-6-5-11-36-23(18)21(26)22(34-36)19-9-10-31-37(19)14(2)3/h7-10,12-14,18,32H,4-6,11H2,1-3H3. The molecule has 1 atom stereocenters. The van der Waals surface area contributed by atoms with Crippen LogP contribution in [0, 0.1) is 5.82 Å². The van der Waals surface area contributed by atoms with Gasteiger partial charge in [-0.2, -0.15) is 23.4 Å². The van der Waals surface area contributed by atoms with Crippen LogP contribution >= 0.6 is 11.6 Å². The molecule has 4 aromatic rings. The predicted octanol–water partition coefficient (Wildman–Crippen LogP) is 6.97. The number of rotatable bonds is 6. The smallest absolute Gasteiger partial charge is 0.377 e. The highest BCUT2D eigenvalue weighted by Gasteiger charge is 2.35. The number of fused-ring (bicyclic) bond motifs is 1. The Hall–Kier alpha value is -3.34. The number of nitrogens with one attached hydrogen (secondary N) is 1. The number of hydrogen-bond donors (Lipinski definition) is 1. The molecule has 0 saturated carbocycles. The van der Waals surface area contributed by atoms with E-state index >= 15 is 4.39 Å². The van der Waals surface area contributed by atoms with Gasteiger partial charge in [0.2, 0.25) is 0 Å². The molecule has 0 saturated heterocycles. The number of alkyl halides is 3. The number of aryl methyl sites for hydroxylation is 2. The molecule has 0 amide bonds. The van der Waals surface area contributed by atoms with Gasteiger partial charge in [-0.25, -0.2) is 9.37 Å². The number of halogens is 5. The molecule has 1 aromatic carbocycles. The lowest BCUT2D eigenvalue weighted by Gasteiger charge is -2.26. The van der Waals surface area contributed by atoms with Gasteiger partial charge >= 0.3 is 6.18 Å². The van der Waals surface area contributed by atoms with Crippen LogP contribution in [-0.2, 0) is 19.3 Å². The Kier molecular flexibility index (Phi) is 6.51. The van der Waals surface area contributed by atoms with Crippen molar-refractivity contribution in [3.63, 3.8) is 0 Å². The van der Waals surface area contributed by atoms with E-state index in [1.54, 1.807) is 19.2 Å². The second kappa shape index (κ2) is 9.51. The summed E-state index contributed by atoms with van der Waals surface area (Å²) in [5.74, 6) is -0.736. The Morgan fingerprint density at radius 3 is 2.68 bits per heavy atom. The first kappa shape index (κ1) is 25.3. The molecule has 1 aliphatic heterocycles. The minimum absolute atomic E-state index is 0.00106. The van der Waals surface area contributed by atoms with Crippen molar-refractivity contribution in [3.05, 3.63) is 58.9 Å². The molecule has 3 aromatic heterocycles. The van der Waals surface area contributed by atoms with Gasteiger partial charge in [0.15, 0.2) is 5.69 Å². The molecule has 0 bridgehead atoms. The number of imidazole rings is 1. The first-order valence-electron chi connectivity index (χ1n) is 12.1. The zero-order chi connectivity index (χ0) is 26.5. The van der Waals surface area contributed by atoms with Gasteiger partial charge in [0, 0.05) is 37.2 Å². The molecule has 1 unspecified atom stereocenters. The van der Waals surface area contributed by atoms with E-state index in [1.807, 2.05) is 29.3 Å². The molecule has 4 heterocycles. The molecular formula is C25H26ClF4N7. The minimum Gasteiger partial charge on any atom is -0.377 e. The van der Waals surface area contributed by atoms with E-state index in [4.69, 9.17) is 16.7 Å². The van der Waals surface area contributed by atoms with Crippen LogP contribution in [-0.4, -0.2) is 29.1 Å². The second-order valence-electron chi connectivity index (χ2n) is 9.29. The Morgan fingerprint density at radius 1 is 1.22 bits per heavy atom. The van der Waals surface area contributed by atoms with Gasteiger partial charge in [-0.15, -0.1) is 0 Å². The largest absolute Gasteiger partial charge is 0.434 e. The highest BCUT2D eigenvalue weighted by atomic mass is 35.5. The third-order valence-corrected chi connectivity index (χ3v) is 6.86. The number of anilines is 1. The molecular weight excluding hydrogens is 510 g/mol. The fraction of sp³-hybridized carbons (Fsp3) is 0.400. The molecule has 0 spiro atoms. The number of aromatic nitrogens is 6. The lowest BCUT2D eigenvalue weighted by molar-refractivity contribution is -0.140. The summed E-state index contributed by atoms with van der Waals surface area (Å²) in [5, 5.41) is 13.0. The normalized spacial score (nSPS) is 15.9. The van der Waals surface area contributed by atoms with Crippen molar-refractivity contribution in [1.29, 1.82) is 0 Å². The van der Waals surface area contributed by atoms with Crippen molar-refractivity contribution in [2.75, 3.05) is 5.32 Å². The summed E-state index contributed by atoms with van der Waals surface area (Å²) in [6.07, 6.45) is -0.393. The van der Waals surface area contributed by atoms with Crippen molar-refractivity contribution >= 4 is 17.3 Å². The van der Waals surface area contributed by atoms with Gasteiger partial charge < -0.3 is 9.88 Å². The number of hydrogen-bond acceptors (Lipinski definition) is 4. The van der Waals surface area contributed by atoms with E-state index in [9.17, 15) is 13.2 Å². The summed E-state index contributed by atoms with van der Waals surface area (Å²) in [6, 6.07) is 6.14. The zero-order valence-corrected chi connectivity index (χ0v) is 21.3. The van der Waals surface area contributed by atoms with Crippen LogP contribution in [0.25, 0.3) is 22.8 Å². The predicted molar refractivity (Wildman–Crippen MR) is 133 cm³/mol. The van der Waals surface area contributed by atoms with E-state index in [2.05, 4.69) is 15.4 Å². The molecule has 12 heteroatoms. The van der Waals surface area contributed by atoms with Crippen LogP contribution < -0.4 is 5.32 Å². The molecule has 0 fully saturated rings. The van der Waals surface area contributed by atoms with Crippen LogP contribution in [0.2, 0.25) is 5.02 Å². The summed E-state index contributed by atoms with van der Waals surface area (Å²) in [6.45, 7) is 6.66. The van der Waals surface area contributed by atoms with Gasteiger partial charge in [0.1, 0.15) is 17.3 Å². The maximum atomic E-state index is 15.2.